The molecule has 0 saturated carbocycles. The quantitative estimate of drug-likeness (QED) is 0.899. The summed E-state index contributed by atoms with van der Waals surface area (Å²) >= 11 is 1.89. The van der Waals surface area contributed by atoms with E-state index in [-0.39, 0.29) is 6.04 Å². The van der Waals surface area contributed by atoms with Crippen molar-refractivity contribution in [1.29, 1.82) is 0 Å². The van der Waals surface area contributed by atoms with Crippen molar-refractivity contribution in [3.8, 4) is 5.75 Å². The van der Waals surface area contributed by atoms with E-state index in [0.717, 1.165) is 24.3 Å². The fraction of sp³-hybridized carbons (Fsp3) is 0.412. The lowest BCUT2D eigenvalue weighted by Crippen LogP contribution is -2.10. The highest BCUT2D eigenvalue weighted by Crippen LogP contribution is 2.35. The van der Waals surface area contributed by atoms with Crippen LogP contribution in [-0.4, -0.2) is 6.61 Å². The average molecular weight is 287 g/mol. The second-order valence-electron chi connectivity index (χ2n) is 5.35. The van der Waals surface area contributed by atoms with Gasteiger partial charge in [-0.1, -0.05) is 19.1 Å². The van der Waals surface area contributed by atoms with Gasteiger partial charge < -0.3 is 10.5 Å². The van der Waals surface area contributed by atoms with Gasteiger partial charge in [0, 0.05) is 9.75 Å². The third kappa shape index (κ3) is 2.74. The molecule has 1 aromatic heterocycles. The van der Waals surface area contributed by atoms with Gasteiger partial charge in [0.2, 0.25) is 0 Å². The van der Waals surface area contributed by atoms with Crippen molar-refractivity contribution >= 4 is 11.3 Å². The molecule has 0 fully saturated rings. The molecule has 20 heavy (non-hydrogen) atoms. The van der Waals surface area contributed by atoms with Gasteiger partial charge in [0.25, 0.3) is 0 Å². The molecular formula is C17H21NOS. The van der Waals surface area contributed by atoms with E-state index in [1.165, 1.54) is 29.7 Å². The first kappa shape index (κ1) is 13.7. The highest BCUT2D eigenvalue weighted by atomic mass is 32.1. The molecule has 1 aliphatic rings. The standard InChI is InChI=1S/C17H21NOS/c1-2-10-19-14-8-6-12(7-9-14)17(18)16-11-13-4-3-5-15(13)20-16/h6-9,11,17H,2-5,10,18H2,1H3. The molecule has 1 aliphatic carbocycles. The number of fused-ring (bicyclic) bond motifs is 1. The molecule has 1 atom stereocenters. The van der Waals surface area contributed by atoms with E-state index in [0.29, 0.717) is 0 Å². The van der Waals surface area contributed by atoms with Crippen molar-refractivity contribution in [3.63, 3.8) is 0 Å². The minimum absolute atomic E-state index is 0.00850. The van der Waals surface area contributed by atoms with Crippen molar-refractivity contribution in [1.82, 2.24) is 0 Å². The molecule has 0 radical (unpaired) electrons. The number of thiophene rings is 1. The topological polar surface area (TPSA) is 35.2 Å². The van der Waals surface area contributed by atoms with Crippen molar-refractivity contribution in [3.05, 3.63) is 51.2 Å². The number of rotatable bonds is 5. The number of benzene rings is 1. The second kappa shape index (κ2) is 5.98. The molecule has 2 N–H and O–H groups in total. The Labute approximate surface area is 124 Å². The maximum absolute atomic E-state index is 6.40. The first-order valence-corrected chi connectivity index (χ1v) is 8.19. The van der Waals surface area contributed by atoms with E-state index in [4.69, 9.17) is 10.5 Å². The number of ether oxygens (including phenoxy) is 1. The first-order chi connectivity index (χ1) is 9.78. The largest absolute Gasteiger partial charge is 0.494 e. The number of aryl methyl sites for hydroxylation is 2. The Kier molecular flexibility index (Phi) is 4.08. The Morgan fingerprint density at radius 1 is 1.25 bits per heavy atom. The molecule has 0 spiro atoms. The van der Waals surface area contributed by atoms with Crippen LogP contribution in [-0.2, 0) is 12.8 Å². The molecule has 3 rings (SSSR count). The summed E-state index contributed by atoms with van der Waals surface area (Å²) in [5.74, 6) is 0.927. The van der Waals surface area contributed by atoms with Gasteiger partial charge in [0.15, 0.2) is 0 Å². The van der Waals surface area contributed by atoms with Gasteiger partial charge in [-0.3, -0.25) is 0 Å². The predicted molar refractivity (Wildman–Crippen MR) is 84.6 cm³/mol. The lowest BCUT2D eigenvalue weighted by molar-refractivity contribution is 0.317. The lowest BCUT2D eigenvalue weighted by atomic mass is 10.1. The molecule has 1 heterocycles. The van der Waals surface area contributed by atoms with Crippen LogP contribution in [0.3, 0.4) is 0 Å². The Morgan fingerprint density at radius 2 is 2.05 bits per heavy atom. The zero-order valence-corrected chi connectivity index (χ0v) is 12.7. The minimum atomic E-state index is -0.00850. The summed E-state index contributed by atoms with van der Waals surface area (Å²) in [7, 11) is 0. The van der Waals surface area contributed by atoms with Crippen LogP contribution in [0.25, 0.3) is 0 Å². The van der Waals surface area contributed by atoms with E-state index in [9.17, 15) is 0 Å². The molecular weight excluding hydrogens is 266 g/mol. The smallest absolute Gasteiger partial charge is 0.119 e. The van der Waals surface area contributed by atoms with Gasteiger partial charge >= 0.3 is 0 Å². The average Bonchev–Trinajstić information content (AvgIpc) is 3.06. The lowest BCUT2D eigenvalue weighted by Gasteiger charge is -2.11. The van der Waals surface area contributed by atoms with Crippen molar-refractivity contribution in [2.75, 3.05) is 6.61 Å². The van der Waals surface area contributed by atoms with Crippen LogP contribution < -0.4 is 10.5 Å². The van der Waals surface area contributed by atoms with Gasteiger partial charge in [0.1, 0.15) is 5.75 Å². The third-order valence-electron chi connectivity index (χ3n) is 3.78. The van der Waals surface area contributed by atoms with Crippen LogP contribution in [0.4, 0.5) is 0 Å². The zero-order chi connectivity index (χ0) is 13.9. The molecule has 2 aromatic rings. The Hall–Kier alpha value is -1.32. The van der Waals surface area contributed by atoms with Gasteiger partial charge in [-0.25, -0.2) is 0 Å². The van der Waals surface area contributed by atoms with Crippen molar-refractivity contribution in [2.45, 2.75) is 38.6 Å². The van der Waals surface area contributed by atoms with Crippen LogP contribution in [0.15, 0.2) is 30.3 Å². The maximum Gasteiger partial charge on any atom is 0.119 e. The second-order valence-corrected chi connectivity index (χ2v) is 6.51. The highest BCUT2D eigenvalue weighted by Gasteiger charge is 2.18. The van der Waals surface area contributed by atoms with E-state index in [2.05, 4.69) is 25.1 Å². The van der Waals surface area contributed by atoms with E-state index < -0.39 is 0 Å². The van der Waals surface area contributed by atoms with E-state index >= 15 is 0 Å². The van der Waals surface area contributed by atoms with Crippen LogP contribution >= 0.6 is 11.3 Å². The van der Waals surface area contributed by atoms with Crippen LogP contribution in [0, 0.1) is 0 Å². The first-order valence-electron chi connectivity index (χ1n) is 7.37. The van der Waals surface area contributed by atoms with Gasteiger partial charge in [-0.05, 0) is 55.0 Å². The Balaban J connectivity index is 1.74. The monoisotopic (exact) mass is 287 g/mol. The van der Waals surface area contributed by atoms with Crippen LogP contribution in [0.5, 0.6) is 5.75 Å². The van der Waals surface area contributed by atoms with E-state index in [1.807, 2.05) is 23.5 Å². The molecule has 0 aliphatic heterocycles. The number of hydrogen-bond donors (Lipinski definition) is 1. The summed E-state index contributed by atoms with van der Waals surface area (Å²) in [6, 6.07) is 10.5. The van der Waals surface area contributed by atoms with Crippen LogP contribution in [0.2, 0.25) is 0 Å². The van der Waals surface area contributed by atoms with Gasteiger partial charge in [-0.15, -0.1) is 11.3 Å². The molecule has 0 amide bonds. The molecule has 3 heteroatoms. The maximum atomic E-state index is 6.40. The van der Waals surface area contributed by atoms with Crippen LogP contribution in [0.1, 0.15) is 46.7 Å². The molecule has 0 bridgehead atoms. The zero-order valence-electron chi connectivity index (χ0n) is 11.9. The summed E-state index contributed by atoms with van der Waals surface area (Å²) < 4.78 is 5.61. The fourth-order valence-corrected chi connectivity index (χ4v) is 3.95. The SMILES string of the molecule is CCCOc1ccc(C(N)c2cc3c(s2)CCC3)cc1. The van der Waals surface area contributed by atoms with Gasteiger partial charge in [-0.2, -0.15) is 0 Å². The summed E-state index contributed by atoms with van der Waals surface area (Å²) in [5, 5.41) is 0. The number of hydrogen-bond acceptors (Lipinski definition) is 3. The Bertz CT molecular complexity index is 552. The van der Waals surface area contributed by atoms with Crippen molar-refractivity contribution in [2.24, 2.45) is 5.73 Å². The third-order valence-corrected chi connectivity index (χ3v) is 5.10. The minimum Gasteiger partial charge on any atom is -0.494 e. The molecule has 2 nitrogen and oxygen atoms in total. The number of nitrogens with two attached hydrogens (primary N) is 1. The molecule has 1 unspecified atom stereocenters. The van der Waals surface area contributed by atoms with Crippen molar-refractivity contribution < 1.29 is 4.74 Å². The highest BCUT2D eigenvalue weighted by molar-refractivity contribution is 7.12. The predicted octanol–water partition coefficient (Wildman–Crippen LogP) is 4.07. The molecule has 106 valence electrons. The molecule has 1 aromatic carbocycles. The van der Waals surface area contributed by atoms with Gasteiger partial charge in [0.05, 0.1) is 12.6 Å². The summed E-state index contributed by atoms with van der Waals surface area (Å²) in [5.41, 5.74) is 9.08. The van der Waals surface area contributed by atoms with E-state index in [1.54, 1.807) is 4.88 Å². The fourth-order valence-electron chi connectivity index (χ4n) is 2.66. The summed E-state index contributed by atoms with van der Waals surface area (Å²) in [6.07, 6.45) is 4.79. The Morgan fingerprint density at radius 3 is 2.75 bits per heavy atom. The summed E-state index contributed by atoms with van der Waals surface area (Å²) in [4.78, 5) is 2.83. The molecule has 0 saturated heterocycles. The summed E-state index contributed by atoms with van der Waals surface area (Å²) in [6.45, 7) is 2.88. The normalized spacial score (nSPS) is 15.1.